The van der Waals surface area contributed by atoms with Crippen molar-refractivity contribution >= 4 is 11.8 Å². The molecule has 2 amide bonds. The van der Waals surface area contributed by atoms with E-state index in [-0.39, 0.29) is 23.3 Å². The van der Waals surface area contributed by atoms with Crippen LogP contribution in [0.1, 0.15) is 37.7 Å². The van der Waals surface area contributed by atoms with Gasteiger partial charge in [0.25, 0.3) is 5.91 Å². The number of carbonyl (C=O) groups excluding carboxylic acids is 2. The number of hydrogen-bond donors (Lipinski definition) is 0. The first kappa shape index (κ1) is 16.5. The smallest absolute Gasteiger partial charge is 0.251 e. The number of hydrogen-bond acceptors (Lipinski definition) is 4. The fraction of sp³-hybridized carbons (Fsp3) is 0.632. The van der Waals surface area contributed by atoms with Gasteiger partial charge >= 0.3 is 0 Å². The molecule has 4 rings (SSSR count). The second kappa shape index (κ2) is 6.75. The van der Waals surface area contributed by atoms with E-state index in [1.54, 1.807) is 12.4 Å². The van der Waals surface area contributed by atoms with E-state index >= 15 is 0 Å². The highest BCUT2D eigenvalue weighted by Crippen LogP contribution is 2.41. The normalized spacial score (nSPS) is 29.6. The van der Waals surface area contributed by atoms with Crippen LogP contribution in [0.25, 0.3) is 0 Å². The minimum Gasteiger partial charge on any atom is -0.368 e. The molecule has 0 saturated carbocycles. The summed E-state index contributed by atoms with van der Waals surface area (Å²) in [6, 6.07) is 3.90. The van der Waals surface area contributed by atoms with Crippen LogP contribution in [0.4, 0.5) is 0 Å². The number of rotatable bonds is 3. The molecule has 0 N–H and O–H groups in total. The van der Waals surface area contributed by atoms with Crippen molar-refractivity contribution < 1.29 is 14.3 Å². The Hall–Kier alpha value is -1.95. The van der Waals surface area contributed by atoms with Crippen molar-refractivity contribution in [3.63, 3.8) is 0 Å². The van der Waals surface area contributed by atoms with Gasteiger partial charge in [0.15, 0.2) is 0 Å². The van der Waals surface area contributed by atoms with Crippen LogP contribution in [0.15, 0.2) is 24.5 Å². The number of aromatic nitrogens is 1. The Balaban J connectivity index is 1.44. The molecule has 25 heavy (non-hydrogen) atoms. The molecule has 0 unspecified atom stereocenters. The number of likely N-dealkylation sites (tertiary alicyclic amines) is 2. The summed E-state index contributed by atoms with van der Waals surface area (Å²) in [5.74, 6) is 0.283. The second-order valence-corrected chi connectivity index (χ2v) is 7.48. The summed E-state index contributed by atoms with van der Waals surface area (Å²) in [7, 11) is 0. The molecule has 1 spiro atoms. The van der Waals surface area contributed by atoms with Crippen molar-refractivity contribution in [2.24, 2.45) is 5.41 Å². The maximum atomic E-state index is 13.1. The van der Waals surface area contributed by atoms with E-state index in [2.05, 4.69) is 4.98 Å². The molecule has 0 bridgehead atoms. The van der Waals surface area contributed by atoms with Crippen molar-refractivity contribution in [3.05, 3.63) is 30.1 Å². The molecule has 0 aromatic carbocycles. The van der Waals surface area contributed by atoms with Gasteiger partial charge < -0.3 is 14.5 Å². The zero-order valence-corrected chi connectivity index (χ0v) is 14.5. The maximum Gasteiger partial charge on any atom is 0.251 e. The summed E-state index contributed by atoms with van der Waals surface area (Å²) < 4.78 is 5.55. The molecule has 1 aromatic rings. The monoisotopic (exact) mass is 343 g/mol. The molecule has 6 heteroatoms. The third-order valence-corrected chi connectivity index (χ3v) is 5.82. The van der Waals surface area contributed by atoms with Crippen LogP contribution in [0.2, 0.25) is 0 Å². The molecule has 4 heterocycles. The first-order valence-corrected chi connectivity index (χ1v) is 9.27. The van der Waals surface area contributed by atoms with E-state index in [9.17, 15) is 9.59 Å². The average Bonchev–Trinajstić information content (AvgIpc) is 3.28. The lowest BCUT2D eigenvalue weighted by atomic mass is 9.78. The fourth-order valence-corrected chi connectivity index (χ4v) is 4.43. The van der Waals surface area contributed by atoms with Crippen molar-refractivity contribution in [1.82, 2.24) is 14.8 Å². The van der Waals surface area contributed by atoms with Gasteiger partial charge in [-0.1, -0.05) is 0 Å². The van der Waals surface area contributed by atoms with Crippen LogP contribution in [-0.2, 0) is 20.9 Å². The van der Waals surface area contributed by atoms with Gasteiger partial charge in [-0.05, 0) is 49.8 Å². The zero-order chi connectivity index (χ0) is 17.3. The van der Waals surface area contributed by atoms with E-state index in [1.807, 2.05) is 21.9 Å². The summed E-state index contributed by atoms with van der Waals surface area (Å²) >= 11 is 0. The zero-order valence-electron chi connectivity index (χ0n) is 14.5. The van der Waals surface area contributed by atoms with Gasteiger partial charge in [-0.15, -0.1) is 0 Å². The first-order valence-electron chi connectivity index (χ1n) is 9.27. The summed E-state index contributed by atoms with van der Waals surface area (Å²) in [5, 5.41) is 0. The Kier molecular flexibility index (Phi) is 4.46. The molecule has 3 fully saturated rings. The highest BCUT2D eigenvalue weighted by atomic mass is 16.5. The second-order valence-electron chi connectivity index (χ2n) is 7.48. The van der Waals surface area contributed by atoms with Gasteiger partial charge in [0.2, 0.25) is 5.91 Å². The lowest BCUT2D eigenvalue weighted by molar-refractivity contribution is -0.149. The minimum atomic E-state index is -0.389. The summed E-state index contributed by atoms with van der Waals surface area (Å²) in [5.41, 5.74) is 0.711. The number of carbonyl (C=O) groups is 2. The number of piperidine rings is 1. The molecule has 1 aromatic heterocycles. The Bertz CT molecular complexity index is 645. The van der Waals surface area contributed by atoms with Gasteiger partial charge in [0, 0.05) is 45.2 Å². The lowest BCUT2D eigenvalue weighted by Crippen LogP contribution is -2.52. The molecule has 0 radical (unpaired) electrons. The van der Waals surface area contributed by atoms with E-state index in [0.29, 0.717) is 19.7 Å². The first-order chi connectivity index (χ1) is 12.2. The molecule has 3 aliphatic heterocycles. The molecule has 3 saturated heterocycles. The number of nitrogens with zero attached hydrogens (tertiary/aromatic N) is 3. The van der Waals surface area contributed by atoms with Crippen molar-refractivity contribution in [2.75, 3.05) is 26.2 Å². The lowest BCUT2D eigenvalue weighted by Gasteiger charge is -2.39. The van der Waals surface area contributed by atoms with Crippen LogP contribution in [0.3, 0.4) is 0 Å². The summed E-state index contributed by atoms with van der Waals surface area (Å²) in [6.07, 6.45) is 7.61. The van der Waals surface area contributed by atoms with E-state index in [1.165, 1.54) is 0 Å². The fourth-order valence-electron chi connectivity index (χ4n) is 4.43. The van der Waals surface area contributed by atoms with E-state index < -0.39 is 0 Å². The Morgan fingerprint density at radius 2 is 2.08 bits per heavy atom. The predicted molar refractivity (Wildman–Crippen MR) is 91.5 cm³/mol. The van der Waals surface area contributed by atoms with Crippen molar-refractivity contribution in [2.45, 2.75) is 44.8 Å². The highest BCUT2D eigenvalue weighted by Gasteiger charge is 2.50. The van der Waals surface area contributed by atoms with E-state index in [0.717, 1.165) is 50.8 Å². The third-order valence-electron chi connectivity index (χ3n) is 5.82. The third kappa shape index (κ3) is 3.15. The molecule has 2 atom stereocenters. The largest absolute Gasteiger partial charge is 0.368 e. The molecule has 3 aliphatic rings. The molecule has 0 aliphatic carbocycles. The van der Waals surface area contributed by atoms with Crippen LogP contribution in [0.5, 0.6) is 0 Å². The number of ether oxygens (including phenoxy) is 1. The Labute approximate surface area is 148 Å². The van der Waals surface area contributed by atoms with Gasteiger partial charge in [-0.25, -0.2) is 0 Å². The quantitative estimate of drug-likeness (QED) is 0.836. The predicted octanol–water partition coefficient (Wildman–Crippen LogP) is 1.60. The number of amides is 2. The van der Waals surface area contributed by atoms with Crippen LogP contribution < -0.4 is 0 Å². The van der Waals surface area contributed by atoms with Gasteiger partial charge in [-0.2, -0.15) is 0 Å². The Morgan fingerprint density at radius 1 is 1.24 bits per heavy atom. The maximum absolute atomic E-state index is 13.1. The molecular formula is C19H25N3O3. The molecule has 134 valence electrons. The molecule has 6 nitrogen and oxygen atoms in total. The minimum absolute atomic E-state index is 0.0805. The summed E-state index contributed by atoms with van der Waals surface area (Å²) in [6.45, 7) is 3.37. The van der Waals surface area contributed by atoms with Crippen LogP contribution in [-0.4, -0.2) is 58.9 Å². The highest BCUT2D eigenvalue weighted by molar-refractivity contribution is 5.87. The molecular weight excluding hydrogens is 318 g/mol. The SMILES string of the molecule is O=C([C@H]1CCCO1)N1CCC[C@@]2(CCN(Cc3ccncc3)C2=O)C1. The number of pyridine rings is 1. The topological polar surface area (TPSA) is 62.7 Å². The van der Waals surface area contributed by atoms with Crippen molar-refractivity contribution in [1.29, 1.82) is 0 Å². The van der Waals surface area contributed by atoms with Gasteiger partial charge in [-0.3, -0.25) is 14.6 Å². The van der Waals surface area contributed by atoms with Gasteiger partial charge in [0.05, 0.1) is 5.41 Å². The van der Waals surface area contributed by atoms with Gasteiger partial charge in [0.1, 0.15) is 6.10 Å². The standard InChI is InChI=1S/C19H25N3O3/c23-17(16-3-1-12-25-16)22-10-2-6-19(14-22)7-11-21(18(19)24)13-15-4-8-20-9-5-15/h4-5,8-9,16H,1-3,6-7,10-14H2/t16-,19-/m1/s1. The Morgan fingerprint density at radius 3 is 2.84 bits per heavy atom. The summed E-state index contributed by atoms with van der Waals surface area (Å²) in [4.78, 5) is 33.7. The van der Waals surface area contributed by atoms with Crippen molar-refractivity contribution in [3.8, 4) is 0 Å². The van der Waals surface area contributed by atoms with Crippen LogP contribution >= 0.6 is 0 Å². The van der Waals surface area contributed by atoms with E-state index in [4.69, 9.17) is 4.74 Å². The average molecular weight is 343 g/mol. The van der Waals surface area contributed by atoms with Crippen LogP contribution in [0, 0.1) is 5.41 Å².